The summed E-state index contributed by atoms with van der Waals surface area (Å²) in [6, 6.07) is 0.793. The predicted molar refractivity (Wildman–Crippen MR) is 75.0 cm³/mol. The van der Waals surface area contributed by atoms with Crippen LogP contribution in [0.4, 0.5) is 0 Å². The van der Waals surface area contributed by atoms with Gasteiger partial charge in [-0.15, -0.1) is 0 Å². The molecule has 0 aromatic carbocycles. The van der Waals surface area contributed by atoms with Crippen molar-refractivity contribution in [3.05, 3.63) is 0 Å². The van der Waals surface area contributed by atoms with Gasteiger partial charge in [0, 0.05) is 25.7 Å². The third-order valence-corrected chi connectivity index (χ3v) is 4.29. The molecule has 2 aliphatic rings. The van der Waals surface area contributed by atoms with E-state index in [2.05, 4.69) is 29.2 Å². The number of likely N-dealkylation sites (tertiary alicyclic amines) is 1. The zero-order valence-electron chi connectivity index (χ0n) is 12.0. The molecule has 0 amide bonds. The molecule has 2 saturated heterocycles. The Kier molecular flexibility index (Phi) is 5.89. The summed E-state index contributed by atoms with van der Waals surface area (Å²) in [5.74, 6) is 0. The lowest BCUT2D eigenvalue weighted by atomic mass is 10.0. The van der Waals surface area contributed by atoms with Gasteiger partial charge >= 0.3 is 0 Å². The van der Waals surface area contributed by atoms with Gasteiger partial charge in [0.05, 0.1) is 12.7 Å². The number of nitrogens with zero attached hydrogens (tertiary/aromatic N) is 2. The zero-order chi connectivity index (χ0) is 12.8. The molecule has 0 saturated carbocycles. The molecule has 0 radical (unpaired) electrons. The van der Waals surface area contributed by atoms with Crippen LogP contribution in [0, 0.1) is 0 Å². The third-order valence-electron chi connectivity index (χ3n) is 4.29. The minimum absolute atomic E-state index is 0.382. The SMILES string of the molecule is CN1CCOC(CNCCC2CCCCN2C)C1. The molecule has 2 heterocycles. The molecule has 2 fully saturated rings. The first-order valence-electron chi connectivity index (χ1n) is 7.47. The smallest absolute Gasteiger partial charge is 0.0826 e. The topological polar surface area (TPSA) is 27.7 Å². The van der Waals surface area contributed by atoms with Crippen LogP contribution in [0.25, 0.3) is 0 Å². The van der Waals surface area contributed by atoms with Gasteiger partial charge in [-0.1, -0.05) is 6.42 Å². The molecule has 4 nitrogen and oxygen atoms in total. The van der Waals surface area contributed by atoms with Crippen molar-refractivity contribution in [2.45, 2.75) is 37.8 Å². The fraction of sp³-hybridized carbons (Fsp3) is 1.00. The van der Waals surface area contributed by atoms with Crippen LogP contribution < -0.4 is 5.32 Å². The van der Waals surface area contributed by atoms with Crippen molar-refractivity contribution in [3.8, 4) is 0 Å². The van der Waals surface area contributed by atoms with E-state index in [1.54, 1.807) is 0 Å². The van der Waals surface area contributed by atoms with Gasteiger partial charge in [0.2, 0.25) is 0 Å². The summed E-state index contributed by atoms with van der Waals surface area (Å²) in [6.07, 6.45) is 5.82. The molecule has 18 heavy (non-hydrogen) atoms. The van der Waals surface area contributed by atoms with Crippen molar-refractivity contribution in [2.75, 3.05) is 53.4 Å². The first kappa shape index (κ1) is 14.3. The number of ether oxygens (including phenoxy) is 1. The molecular weight excluding hydrogens is 226 g/mol. The van der Waals surface area contributed by atoms with E-state index in [0.717, 1.165) is 38.8 Å². The second-order valence-electron chi connectivity index (χ2n) is 5.88. The molecule has 1 N–H and O–H groups in total. The highest BCUT2D eigenvalue weighted by Crippen LogP contribution is 2.17. The summed E-state index contributed by atoms with van der Waals surface area (Å²) < 4.78 is 5.75. The van der Waals surface area contributed by atoms with Crippen molar-refractivity contribution < 1.29 is 4.74 Å². The number of piperidine rings is 1. The maximum absolute atomic E-state index is 5.75. The van der Waals surface area contributed by atoms with Crippen molar-refractivity contribution in [3.63, 3.8) is 0 Å². The van der Waals surface area contributed by atoms with Crippen LogP contribution in [0.15, 0.2) is 0 Å². The van der Waals surface area contributed by atoms with E-state index in [0.29, 0.717) is 6.10 Å². The summed E-state index contributed by atoms with van der Waals surface area (Å²) in [6.45, 7) is 6.43. The van der Waals surface area contributed by atoms with Crippen LogP contribution in [0.5, 0.6) is 0 Å². The molecule has 0 aromatic rings. The molecule has 2 aliphatic heterocycles. The first-order chi connectivity index (χ1) is 8.75. The van der Waals surface area contributed by atoms with Gasteiger partial charge in [-0.25, -0.2) is 0 Å². The van der Waals surface area contributed by atoms with E-state index in [-0.39, 0.29) is 0 Å². The van der Waals surface area contributed by atoms with Crippen molar-refractivity contribution >= 4 is 0 Å². The van der Waals surface area contributed by atoms with Crippen molar-refractivity contribution in [1.82, 2.24) is 15.1 Å². The molecule has 0 aliphatic carbocycles. The Bertz CT molecular complexity index is 237. The van der Waals surface area contributed by atoms with Crippen LogP contribution in [-0.2, 0) is 4.74 Å². The van der Waals surface area contributed by atoms with Crippen LogP contribution in [-0.4, -0.2) is 75.4 Å². The lowest BCUT2D eigenvalue weighted by molar-refractivity contribution is -0.0182. The van der Waals surface area contributed by atoms with E-state index >= 15 is 0 Å². The van der Waals surface area contributed by atoms with Crippen LogP contribution in [0.2, 0.25) is 0 Å². The molecule has 4 heteroatoms. The average Bonchev–Trinajstić information content (AvgIpc) is 2.37. The second kappa shape index (κ2) is 7.43. The summed E-state index contributed by atoms with van der Waals surface area (Å²) in [7, 11) is 4.44. The fourth-order valence-electron chi connectivity index (χ4n) is 3.03. The zero-order valence-corrected chi connectivity index (χ0v) is 12.0. The summed E-state index contributed by atoms with van der Waals surface area (Å²) in [5, 5.41) is 3.57. The first-order valence-corrected chi connectivity index (χ1v) is 7.47. The molecule has 0 bridgehead atoms. The number of hydrogen-bond acceptors (Lipinski definition) is 4. The van der Waals surface area contributed by atoms with E-state index in [1.807, 2.05) is 0 Å². The monoisotopic (exact) mass is 255 g/mol. The van der Waals surface area contributed by atoms with Gasteiger partial charge in [-0.2, -0.15) is 0 Å². The minimum atomic E-state index is 0.382. The van der Waals surface area contributed by atoms with E-state index in [9.17, 15) is 0 Å². The molecular formula is C14H29N3O. The Morgan fingerprint density at radius 2 is 2.11 bits per heavy atom. The Labute approximate surface area is 112 Å². The van der Waals surface area contributed by atoms with Crippen LogP contribution in [0.1, 0.15) is 25.7 Å². The maximum Gasteiger partial charge on any atom is 0.0826 e. The predicted octanol–water partition coefficient (Wildman–Crippen LogP) is 0.781. The lowest BCUT2D eigenvalue weighted by Crippen LogP contribution is -2.45. The third kappa shape index (κ3) is 4.50. The van der Waals surface area contributed by atoms with Crippen molar-refractivity contribution in [1.29, 1.82) is 0 Å². The molecule has 2 rings (SSSR count). The van der Waals surface area contributed by atoms with E-state index < -0.39 is 0 Å². The summed E-state index contributed by atoms with van der Waals surface area (Å²) in [4.78, 5) is 4.88. The second-order valence-corrected chi connectivity index (χ2v) is 5.88. The number of nitrogens with one attached hydrogen (secondary N) is 1. The van der Waals surface area contributed by atoms with Crippen LogP contribution in [0.3, 0.4) is 0 Å². The van der Waals surface area contributed by atoms with Gasteiger partial charge in [0.25, 0.3) is 0 Å². The van der Waals surface area contributed by atoms with E-state index in [1.165, 1.54) is 32.2 Å². The highest BCUT2D eigenvalue weighted by atomic mass is 16.5. The number of hydrogen-bond donors (Lipinski definition) is 1. The largest absolute Gasteiger partial charge is 0.374 e. The van der Waals surface area contributed by atoms with Crippen LogP contribution >= 0.6 is 0 Å². The summed E-state index contributed by atoms with van der Waals surface area (Å²) in [5.41, 5.74) is 0. The highest BCUT2D eigenvalue weighted by molar-refractivity contribution is 4.76. The standard InChI is InChI=1S/C14H29N3O/c1-16-9-10-18-14(12-16)11-15-7-6-13-5-3-4-8-17(13)2/h13-15H,3-12H2,1-2H3. The lowest BCUT2D eigenvalue weighted by Gasteiger charge is -2.33. The number of rotatable bonds is 5. The normalized spacial score (nSPS) is 31.7. The fourth-order valence-corrected chi connectivity index (χ4v) is 3.03. The highest BCUT2D eigenvalue weighted by Gasteiger charge is 2.19. The Morgan fingerprint density at radius 1 is 1.22 bits per heavy atom. The Morgan fingerprint density at radius 3 is 2.89 bits per heavy atom. The van der Waals surface area contributed by atoms with Gasteiger partial charge < -0.3 is 19.9 Å². The molecule has 2 atom stereocenters. The van der Waals surface area contributed by atoms with E-state index in [4.69, 9.17) is 4.74 Å². The molecule has 2 unspecified atom stereocenters. The average molecular weight is 255 g/mol. The number of likely N-dealkylation sites (N-methyl/N-ethyl adjacent to an activating group) is 1. The minimum Gasteiger partial charge on any atom is -0.374 e. The maximum atomic E-state index is 5.75. The number of morpholine rings is 1. The molecule has 0 spiro atoms. The molecule has 106 valence electrons. The quantitative estimate of drug-likeness (QED) is 0.735. The van der Waals surface area contributed by atoms with Gasteiger partial charge in [-0.3, -0.25) is 0 Å². The van der Waals surface area contributed by atoms with Crippen molar-refractivity contribution in [2.24, 2.45) is 0 Å². The molecule has 0 aromatic heterocycles. The Hall–Kier alpha value is -0.160. The Balaban J connectivity index is 1.55. The van der Waals surface area contributed by atoms with Gasteiger partial charge in [0.1, 0.15) is 0 Å². The summed E-state index contributed by atoms with van der Waals surface area (Å²) >= 11 is 0. The van der Waals surface area contributed by atoms with Gasteiger partial charge in [-0.05, 0) is 46.4 Å². The van der Waals surface area contributed by atoms with Gasteiger partial charge in [0.15, 0.2) is 0 Å².